The molecular weight excluding hydrogens is 469 g/mol. The van der Waals surface area contributed by atoms with E-state index in [1.54, 1.807) is 0 Å². The van der Waals surface area contributed by atoms with Gasteiger partial charge < -0.3 is 4.74 Å². The molecular formula is C25H47F3O5S. The second-order valence-electron chi connectivity index (χ2n) is 9.38. The smallest absolute Gasteiger partial charge is 0.426 e. The van der Waals surface area contributed by atoms with Crippen molar-refractivity contribution in [3.8, 4) is 0 Å². The molecule has 0 amide bonds. The highest BCUT2D eigenvalue weighted by atomic mass is 32.2. The standard InChI is InChI=1S/C25H47F3O5S/c1-2-3-4-5-6-7-8-9-10-11-12-13-14-15-16-17-18-19-20-21-24(29)33-23(25(26,27)28)22-34(30,31)32/h23H,2-22H2,1H3,(H,30,31,32). The Kier molecular flexibility index (Phi) is 19.9. The molecule has 1 N–H and O–H groups in total. The fourth-order valence-electron chi connectivity index (χ4n) is 3.95. The topological polar surface area (TPSA) is 80.7 Å². The number of carbonyl (C=O) groups is 1. The minimum atomic E-state index is -5.04. The van der Waals surface area contributed by atoms with Crippen LogP contribution in [0.15, 0.2) is 0 Å². The van der Waals surface area contributed by atoms with E-state index < -0.39 is 34.1 Å². The van der Waals surface area contributed by atoms with Crippen LogP contribution in [-0.2, 0) is 19.6 Å². The quantitative estimate of drug-likeness (QED) is 0.0841. The number of carbonyl (C=O) groups excluding carboxylic acids is 1. The second-order valence-corrected chi connectivity index (χ2v) is 10.9. The van der Waals surface area contributed by atoms with Crippen LogP contribution in [0, 0.1) is 0 Å². The summed E-state index contributed by atoms with van der Waals surface area (Å²) >= 11 is 0. The summed E-state index contributed by atoms with van der Waals surface area (Å²) < 4.78 is 72.3. The van der Waals surface area contributed by atoms with Gasteiger partial charge in [-0.3, -0.25) is 9.35 Å². The Bertz CT molecular complexity index is 594. The average Bonchev–Trinajstić information content (AvgIpc) is 2.73. The molecule has 0 saturated heterocycles. The molecule has 1 atom stereocenters. The van der Waals surface area contributed by atoms with Crippen molar-refractivity contribution in [2.24, 2.45) is 0 Å². The molecule has 0 radical (unpaired) electrons. The van der Waals surface area contributed by atoms with Crippen LogP contribution in [0.2, 0.25) is 0 Å². The second kappa shape index (κ2) is 20.4. The van der Waals surface area contributed by atoms with Crippen molar-refractivity contribution in [1.29, 1.82) is 0 Å². The van der Waals surface area contributed by atoms with Gasteiger partial charge in [0.25, 0.3) is 10.1 Å². The molecule has 0 aromatic heterocycles. The van der Waals surface area contributed by atoms with Gasteiger partial charge in [-0.15, -0.1) is 0 Å². The van der Waals surface area contributed by atoms with Gasteiger partial charge in [-0.25, -0.2) is 0 Å². The Morgan fingerprint density at radius 3 is 1.32 bits per heavy atom. The molecule has 0 aliphatic rings. The molecule has 0 saturated carbocycles. The largest absolute Gasteiger partial charge is 0.451 e. The third-order valence-electron chi connectivity index (χ3n) is 5.99. The van der Waals surface area contributed by atoms with Crippen LogP contribution in [0.1, 0.15) is 135 Å². The van der Waals surface area contributed by atoms with Gasteiger partial charge in [-0.2, -0.15) is 21.6 Å². The predicted molar refractivity (Wildman–Crippen MR) is 130 cm³/mol. The van der Waals surface area contributed by atoms with Crippen LogP contribution in [0.3, 0.4) is 0 Å². The van der Waals surface area contributed by atoms with Gasteiger partial charge in [0.2, 0.25) is 6.10 Å². The van der Waals surface area contributed by atoms with Crippen LogP contribution in [-0.4, -0.2) is 37.0 Å². The molecule has 5 nitrogen and oxygen atoms in total. The number of alkyl halides is 3. The number of unbranched alkanes of at least 4 members (excludes halogenated alkanes) is 18. The average molecular weight is 517 g/mol. The molecule has 0 fully saturated rings. The Morgan fingerprint density at radius 2 is 1.03 bits per heavy atom. The zero-order valence-electron chi connectivity index (χ0n) is 21.0. The number of esters is 1. The Labute approximate surface area is 205 Å². The molecule has 0 aliphatic heterocycles. The summed E-state index contributed by atoms with van der Waals surface area (Å²) in [5.41, 5.74) is 0. The van der Waals surface area contributed by atoms with E-state index in [1.807, 2.05) is 0 Å². The molecule has 1 unspecified atom stereocenters. The Hall–Kier alpha value is -0.830. The highest BCUT2D eigenvalue weighted by Gasteiger charge is 2.45. The molecule has 0 heterocycles. The SMILES string of the molecule is CCCCCCCCCCCCCCCCCCCCCC(=O)OC(CS(=O)(=O)O)C(F)(F)F. The minimum Gasteiger partial charge on any atom is -0.451 e. The summed E-state index contributed by atoms with van der Waals surface area (Å²) in [5, 5.41) is 0. The summed E-state index contributed by atoms with van der Waals surface area (Å²) in [6, 6.07) is 0. The van der Waals surface area contributed by atoms with E-state index in [1.165, 1.54) is 89.9 Å². The van der Waals surface area contributed by atoms with E-state index in [0.717, 1.165) is 19.3 Å². The van der Waals surface area contributed by atoms with E-state index in [-0.39, 0.29) is 6.42 Å². The van der Waals surface area contributed by atoms with Crippen molar-refractivity contribution in [2.45, 2.75) is 148 Å². The fourth-order valence-corrected chi connectivity index (χ4v) is 4.59. The number of hydrogen-bond acceptors (Lipinski definition) is 4. The highest BCUT2D eigenvalue weighted by Crippen LogP contribution is 2.25. The Morgan fingerprint density at radius 1 is 0.706 bits per heavy atom. The van der Waals surface area contributed by atoms with Gasteiger partial charge >= 0.3 is 12.1 Å². The first kappa shape index (κ1) is 33.2. The van der Waals surface area contributed by atoms with Crippen molar-refractivity contribution < 1.29 is 35.7 Å². The predicted octanol–water partition coefficient (Wildman–Crippen LogP) is 8.17. The first-order valence-corrected chi connectivity index (χ1v) is 14.9. The normalized spacial score (nSPS) is 13.2. The lowest BCUT2D eigenvalue weighted by atomic mass is 10.0. The highest BCUT2D eigenvalue weighted by molar-refractivity contribution is 7.85. The first-order chi connectivity index (χ1) is 16.1. The monoisotopic (exact) mass is 516 g/mol. The number of rotatable bonds is 23. The van der Waals surface area contributed by atoms with E-state index in [0.29, 0.717) is 12.8 Å². The molecule has 204 valence electrons. The van der Waals surface area contributed by atoms with Crippen LogP contribution < -0.4 is 0 Å². The van der Waals surface area contributed by atoms with Gasteiger partial charge in [0, 0.05) is 6.42 Å². The summed E-state index contributed by atoms with van der Waals surface area (Å²) in [6.07, 6.45) is 14.7. The van der Waals surface area contributed by atoms with Crippen molar-refractivity contribution >= 4 is 16.1 Å². The lowest BCUT2D eigenvalue weighted by molar-refractivity contribution is -0.215. The molecule has 9 heteroatoms. The number of halogens is 3. The third-order valence-corrected chi connectivity index (χ3v) is 6.71. The molecule has 0 aromatic rings. The van der Waals surface area contributed by atoms with Gasteiger partial charge in [0.15, 0.2) is 0 Å². The van der Waals surface area contributed by atoms with Crippen LogP contribution >= 0.6 is 0 Å². The fraction of sp³-hybridized carbons (Fsp3) is 0.960. The molecule has 0 aliphatic carbocycles. The molecule has 0 aromatic carbocycles. The molecule has 34 heavy (non-hydrogen) atoms. The molecule has 0 rings (SSSR count). The van der Waals surface area contributed by atoms with E-state index in [9.17, 15) is 26.4 Å². The minimum absolute atomic E-state index is 0.198. The lowest BCUT2D eigenvalue weighted by Crippen LogP contribution is -2.39. The van der Waals surface area contributed by atoms with E-state index in [2.05, 4.69) is 11.7 Å². The number of ether oxygens (including phenoxy) is 1. The van der Waals surface area contributed by atoms with E-state index >= 15 is 0 Å². The van der Waals surface area contributed by atoms with E-state index in [4.69, 9.17) is 4.55 Å². The summed E-state index contributed by atoms with van der Waals surface area (Å²) in [5.74, 6) is -2.78. The maximum Gasteiger partial charge on any atom is 0.426 e. The third kappa shape index (κ3) is 22.9. The van der Waals surface area contributed by atoms with Crippen molar-refractivity contribution in [2.75, 3.05) is 5.75 Å². The van der Waals surface area contributed by atoms with Crippen LogP contribution in [0.25, 0.3) is 0 Å². The van der Waals surface area contributed by atoms with Crippen LogP contribution in [0.4, 0.5) is 13.2 Å². The van der Waals surface area contributed by atoms with Gasteiger partial charge in [0.1, 0.15) is 5.75 Å². The van der Waals surface area contributed by atoms with Gasteiger partial charge in [-0.1, -0.05) is 122 Å². The number of hydrogen-bond donors (Lipinski definition) is 1. The zero-order chi connectivity index (χ0) is 25.7. The summed E-state index contributed by atoms with van der Waals surface area (Å²) in [4.78, 5) is 11.6. The summed E-state index contributed by atoms with van der Waals surface area (Å²) in [7, 11) is -4.90. The van der Waals surface area contributed by atoms with Gasteiger partial charge in [-0.05, 0) is 6.42 Å². The molecule has 0 spiro atoms. The molecule has 0 bridgehead atoms. The maximum absolute atomic E-state index is 12.7. The lowest BCUT2D eigenvalue weighted by Gasteiger charge is -2.19. The Balaban J connectivity index is 3.49. The van der Waals surface area contributed by atoms with Crippen molar-refractivity contribution in [3.05, 3.63) is 0 Å². The van der Waals surface area contributed by atoms with Crippen molar-refractivity contribution in [3.63, 3.8) is 0 Å². The van der Waals surface area contributed by atoms with Crippen LogP contribution in [0.5, 0.6) is 0 Å². The summed E-state index contributed by atoms with van der Waals surface area (Å²) in [6.45, 7) is 2.25. The zero-order valence-corrected chi connectivity index (χ0v) is 21.9. The van der Waals surface area contributed by atoms with Gasteiger partial charge in [0.05, 0.1) is 0 Å². The van der Waals surface area contributed by atoms with Crippen molar-refractivity contribution in [1.82, 2.24) is 0 Å². The first-order valence-electron chi connectivity index (χ1n) is 13.3. The maximum atomic E-state index is 12.7.